The van der Waals surface area contributed by atoms with Crippen molar-refractivity contribution < 1.29 is 9.31 Å². The number of nitriles is 1. The number of allylic oxidation sites excluding steroid dienone is 1. The number of thiazole rings is 1. The summed E-state index contributed by atoms with van der Waals surface area (Å²) < 4.78 is 13.3. The zero-order valence-corrected chi connectivity index (χ0v) is 17.2. The van der Waals surface area contributed by atoms with Crippen LogP contribution in [0.5, 0.6) is 0 Å². The first-order valence-electron chi connectivity index (χ1n) is 9.23. The Hall–Kier alpha value is -3.57. The van der Waals surface area contributed by atoms with E-state index in [0.29, 0.717) is 10.9 Å². The van der Waals surface area contributed by atoms with Crippen LogP contribution in [-0.2, 0) is 6.42 Å². The molecular formula is C22H19FN4O2S. The number of aromatic nitrogens is 1. The average Bonchev–Trinajstić information content (AvgIpc) is 3.19. The number of nitrogens with zero attached hydrogens (tertiary/aromatic N) is 3. The van der Waals surface area contributed by atoms with E-state index < -0.39 is 16.4 Å². The van der Waals surface area contributed by atoms with Crippen LogP contribution in [-0.4, -0.2) is 9.91 Å². The summed E-state index contributed by atoms with van der Waals surface area (Å²) in [5.74, 6) is -0.129. The van der Waals surface area contributed by atoms with E-state index in [1.165, 1.54) is 29.2 Å². The van der Waals surface area contributed by atoms with Gasteiger partial charge in [0.1, 0.15) is 28.2 Å². The highest BCUT2D eigenvalue weighted by atomic mass is 32.1. The highest BCUT2D eigenvalue weighted by molar-refractivity contribution is 7.11. The van der Waals surface area contributed by atoms with E-state index in [0.717, 1.165) is 29.8 Å². The number of hydrogen-bond acceptors (Lipinski definition) is 6. The number of nitro groups is 1. The number of rotatable bonds is 7. The second-order valence-corrected chi connectivity index (χ2v) is 7.92. The molecule has 1 aromatic heterocycles. The molecule has 2 aromatic carbocycles. The summed E-state index contributed by atoms with van der Waals surface area (Å²) in [6.07, 6.45) is 2.35. The predicted octanol–water partition coefficient (Wildman–Crippen LogP) is 6.03. The fraction of sp³-hybridized carbons (Fsp3) is 0.182. The molecular weight excluding hydrogens is 403 g/mol. The number of anilines is 1. The molecule has 1 heterocycles. The second-order valence-electron chi connectivity index (χ2n) is 7.07. The van der Waals surface area contributed by atoms with E-state index in [2.05, 4.69) is 36.3 Å². The zero-order valence-electron chi connectivity index (χ0n) is 16.4. The largest absolute Gasteiger partial charge is 0.355 e. The van der Waals surface area contributed by atoms with Crippen LogP contribution >= 0.6 is 11.3 Å². The van der Waals surface area contributed by atoms with E-state index >= 15 is 0 Å². The van der Waals surface area contributed by atoms with Crippen molar-refractivity contribution in [1.29, 1.82) is 5.26 Å². The molecule has 8 heteroatoms. The lowest BCUT2D eigenvalue weighted by Gasteiger charge is -2.05. The summed E-state index contributed by atoms with van der Waals surface area (Å²) in [6.45, 7) is 4.34. The van der Waals surface area contributed by atoms with Gasteiger partial charge in [0.2, 0.25) is 0 Å². The van der Waals surface area contributed by atoms with Crippen LogP contribution < -0.4 is 5.32 Å². The molecule has 0 bridgehead atoms. The molecule has 30 heavy (non-hydrogen) atoms. The third-order valence-corrected chi connectivity index (χ3v) is 5.15. The third kappa shape index (κ3) is 5.07. The monoisotopic (exact) mass is 422 g/mol. The minimum Gasteiger partial charge on any atom is -0.355 e. The van der Waals surface area contributed by atoms with Crippen molar-refractivity contribution in [3.63, 3.8) is 0 Å². The molecule has 0 aliphatic carbocycles. The topological polar surface area (TPSA) is 91.8 Å². The van der Waals surface area contributed by atoms with Gasteiger partial charge >= 0.3 is 0 Å². The maximum Gasteiger partial charge on any atom is 0.295 e. The van der Waals surface area contributed by atoms with Gasteiger partial charge in [-0.25, -0.2) is 9.37 Å². The van der Waals surface area contributed by atoms with Gasteiger partial charge in [0, 0.05) is 17.1 Å². The molecule has 0 fully saturated rings. The van der Waals surface area contributed by atoms with Gasteiger partial charge in [-0.3, -0.25) is 10.1 Å². The maximum atomic E-state index is 13.3. The number of halogens is 1. The lowest BCUT2D eigenvalue weighted by molar-refractivity contribution is -0.384. The van der Waals surface area contributed by atoms with Crippen molar-refractivity contribution in [1.82, 2.24) is 4.98 Å². The third-order valence-electron chi connectivity index (χ3n) is 4.28. The molecule has 0 aliphatic heterocycles. The quantitative estimate of drug-likeness (QED) is 0.285. The summed E-state index contributed by atoms with van der Waals surface area (Å²) >= 11 is 1.30. The van der Waals surface area contributed by atoms with Crippen molar-refractivity contribution >= 4 is 28.3 Å². The molecule has 0 aliphatic rings. The highest BCUT2D eigenvalue weighted by Gasteiger charge is 2.15. The summed E-state index contributed by atoms with van der Waals surface area (Å²) in [7, 11) is 0. The SMILES string of the molecule is CC(C)Cc1ccc(-c2csc(/C(C#N)=C\Nc3ccc(F)cc3[N+](=O)[O-])n2)cc1. The lowest BCUT2D eigenvalue weighted by Crippen LogP contribution is -1.98. The van der Waals surface area contributed by atoms with Gasteiger partial charge in [0.25, 0.3) is 5.69 Å². The van der Waals surface area contributed by atoms with E-state index in [9.17, 15) is 19.8 Å². The average molecular weight is 422 g/mol. The minimum absolute atomic E-state index is 0.0895. The standard InChI is InChI=1S/C22H19FN4O2S/c1-14(2)9-15-3-5-16(6-4-15)20-13-30-22(26-20)17(11-24)12-25-19-8-7-18(23)10-21(19)27(28)29/h3-8,10,12-14,25H,9H2,1-2H3/b17-12-. The van der Waals surface area contributed by atoms with E-state index in [1.54, 1.807) is 0 Å². The summed E-state index contributed by atoms with van der Waals surface area (Å²) in [5, 5.41) is 25.7. The Morgan fingerprint density at radius 3 is 2.70 bits per heavy atom. The van der Waals surface area contributed by atoms with Crippen molar-refractivity contribution in [3.05, 3.63) is 80.5 Å². The Balaban J connectivity index is 1.81. The van der Waals surface area contributed by atoms with Crippen LogP contribution in [0.15, 0.2) is 54.0 Å². The predicted molar refractivity (Wildman–Crippen MR) is 116 cm³/mol. The first kappa shape index (κ1) is 21.1. The fourth-order valence-electron chi connectivity index (χ4n) is 2.88. The summed E-state index contributed by atoms with van der Waals surface area (Å²) in [6, 6.07) is 13.4. The van der Waals surface area contributed by atoms with Crippen molar-refractivity contribution in [2.45, 2.75) is 20.3 Å². The zero-order chi connectivity index (χ0) is 21.7. The number of benzene rings is 2. The fourth-order valence-corrected chi connectivity index (χ4v) is 3.68. The van der Waals surface area contributed by atoms with Crippen molar-refractivity contribution in [3.8, 4) is 17.3 Å². The summed E-state index contributed by atoms with van der Waals surface area (Å²) in [4.78, 5) is 14.9. The van der Waals surface area contributed by atoms with Crippen LogP contribution in [0.2, 0.25) is 0 Å². The van der Waals surface area contributed by atoms with Gasteiger partial charge in [-0.2, -0.15) is 5.26 Å². The van der Waals surface area contributed by atoms with Gasteiger partial charge in [-0.1, -0.05) is 38.1 Å². The number of nitro benzene ring substituents is 1. The van der Waals surface area contributed by atoms with Gasteiger partial charge in [-0.15, -0.1) is 11.3 Å². The smallest absolute Gasteiger partial charge is 0.295 e. The first-order chi connectivity index (χ1) is 14.4. The Kier molecular flexibility index (Phi) is 6.54. The molecule has 0 radical (unpaired) electrons. The molecule has 3 aromatic rings. The van der Waals surface area contributed by atoms with Crippen LogP contribution in [0.3, 0.4) is 0 Å². The Morgan fingerprint density at radius 2 is 2.07 bits per heavy atom. The number of hydrogen-bond donors (Lipinski definition) is 1. The molecule has 3 rings (SSSR count). The van der Waals surface area contributed by atoms with Crippen molar-refractivity contribution in [2.24, 2.45) is 5.92 Å². The Bertz CT molecular complexity index is 1130. The molecule has 0 amide bonds. The highest BCUT2D eigenvalue weighted by Crippen LogP contribution is 2.28. The summed E-state index contributed by atoms with van der Waals surface area (Å²) in [5.41, 5.74) is 2.86. The molecule has 6 nitrogen and oxygen atoms in total. The normalized spacial score (nSPS) is 11.4. The lowest BCUT2D eigenvalue weighted by atomic mass is 10.0. The van der Waals surface area contributed by atoms with Crippen LogP contribution in [0.4, 0.5) is 15.8 Å². The maximum absolute atomic E-state index is 13.3. The first-order valence-corrected chi connectivity index (χ1v) is 10.1. The molecule has 152 valence electrons. The second kappa shape index (κ2) is 9.29. The Morgan fingerprint density at radius 1 is 1.33 bits per heavy atom. The van der Waals surface area contributed by atoms with Gasteiger partial charge in [0.15, 0.2) is 0 Å². The van der Waals surface area contributed by atoms with E-state index in [4.69, 9.17) is 0 Å². The van der Waals surface area contributed by atoms with Gasteiger partial charge in [0.05, 0.1) is 16.7 Å². The van der Waals surface area contributed by atoms with E-state index in [1.807, 2.05) is 23.6 Å². The van der Waals surface area contributed by atoms with E-state index in [-0.39, 0.29) is 11.3 Å². The number of nitrogens with one attached hydrogen (secondary N) is 1. The van der Waals surface area contributed by atoms with Crippen LogP contribution in [0.1, 0.15) is 24.4 Å². The van der Waals surface area contributed by atoms with Crippen LogP contribution in [0, 0.1) is 33.2 Å². The molecule has 1 N–H and O–H groups in total. The molecule has 0 atom stereocenters. The minimum atomic E-state index is -0.708. The molecule has 0 saturated heterocycles. The van der Waals surface area contributed by atoms with Crippen LogP contribution in [0.25, 0.3) is 16.8 Å². The van der Waals surface area contributed by atoms with Gasteiger partial charge in [-0.05, 0) is 30.0 Å². The van der Waals surface area contributed by atoms with Crippen molar-refractivity contribution in [2.75, 3.05) is 5.32 Å². The molecule has 0 unspecified atom stereocenters. The molecule has 0 spiro atoms. The Labute approximate surface area is 177 Å². The van der Waals surface area contributed by atoms with Gasteiger partial charge < -0.3 is 5.32 Å². The molecule has 0 saturated carbocycles.